The fourth-order valence-electron chi connectivity index (χ4n) is 3.66. The molecule has 0 atom stereocenters. The molecule has 0 aromatic heterocycles. The van der Waals surface area contributed by atoms with Gasteiger partial charge < -0.3 is 10.6 Å². The molecule has 0 spiro atoms. The van der Waals surface area contributed by atoms with E-state index < -0.39 is 48.6 Å². The van der Waals surface area contributed by atoms with Crippen molar-refractivity contribution in [3.05, 3.63) is 87.9 Å². The minimum absolute atomic E-state index is 0.0359. The van der Waals surface area contributed by atoms with Gasteiger partial charge in [0.15, 0.2) is 5.78 Å². The summed E-state index contributed by atoms with van der Waals surface area (Å²) >= 11 is 5.91. The van der Waals surface area contributed by atoms with Gasteiger partial charge in [-0.2, -0.15) is 26.3 Å². The number of nitrogens with one attached hydrogen (secondary N) is 2. The second kappa shape index (κ2) is 11.3. The third kappa shape index (κ3) is 7.34. The molecule has 0 aliphatic heterocycles. The summed E-state index contributed by atoms with van der Waals surface area (Å²) in [7, 11) is 0. The van der Waals surface area contributed by atoms with Gasteiger partial charge in [-0.3, -0.25) is 14.4 Å². The molecule has 3 aromatic carbocycles. The molecule has 12 heteroatoms. The van der Waals surface area contributed by atoms with Gasteiger partial charge in [0.2, 0.25) is 5.91 Å². The summed E-state index contributed by atoms with van der Waals surface area (Å²) in [4.78, 5) is 37.3. The Morgan fingerprint density at radius 1 is 0.868 bits per heavy atom. The van der Waals surface area contributed by atoms with E-state index in [-0.39, 0.29) is 32.5 Å². The average Bonchev–Trinajstić information content (AvgIpc) is 2.81. The van der Waals surface area contributed by atoms with Crippen LogP contribution in [0.25, 0.3) is 16.3 Å². The smallest absolute Gasteiger partial charge is 0.345 e. The van der Waals surface area contributed by atoms with Gasteiger partial charge in [0.25, 0.3) is 5.91 Å². The molecule has 0 heterocycles. The minimum Gasteiger partial charge on any atom is -0.345 e. The zero-order valence-corrected chi connectivity index (χ0v) is 20.3. The lowest BCUT2D eigenvalue weighted by molar-refractivity contribution is -0.137. The van der Waals surface area contributed by atoms with E-state index in [0.717, 1.165) is 12.1 Å². The summed E-state index contributed by atoms with van der Waals surface area (Å²) in [6.07, 6.45) is -9.04. The maximum Gasteiger partial charge on any atom is 0.417 e. The zero-order valence-electron chi connectivity index (χ0n) is 19.6. The number of ketones is 1. The molecule has 2 N–H and O–H groups in total. The van der Waals surface area contributed by atoms with Gasteiger partial charge in [-0.1, -0.05) is 41.9 Å². The van der Waals surface area contributed by atoms with Gasteiger partial charge in [-0.25, -0.2) is 0 Å². The number of hydrogen-bond acceptors (Lipinski definition) is 3. The third-order valence-electron chi connectivity index (χ3n) is 5.26. The number of carbonyl (C=O) groups excluding carboxylic acids is 3. The number of amides is 2. The molecule has 0 bridgehead atoms. The number of allylic oxidation sites excluding steroid dienone is 2. The highest BCUT2D eigenvalue weighted by Crippen LogP contribution is 2.36. The van der Waals surface area contributed by atoms with Crippen molar-refractivity contribution in [2.45, 2.75) is 19.3 Å². The van der Waals surface area contributed by atoms with E-state index >= 15 is 0 Å². The van der Waals surface area contributed by atoms with Crippen LogP contribution in [0.3, 0.4) is 0 Å². The van der Waals surface area contributed by atoms with Crippen molar-refractivity contribution in [1.82, 2.24) is 10.6 Å². The lowest BCUT2D eigenvalue weighted by atomic mass is 9.94. The molecule has 0 saturated carbocycles. The molecule has 200 valence electrons. The topological polar surface area (TPSA) is 75.3 Å². The van der Waals surface area contributed by atoms with Gasteiger partial charge in [-0.15, -0.1) is 0 Å². The van der Waals surface area contributed by atoms with E-state index in [0.29, 0.717) is 11.6 Å². The quantitative estimate of drug-likeness (QED) is 0.212. The Morgan fingerprint density at radius 3 is 2.05 bits per heavy atom. The molecule has 0 radical (unpaired) electrons. The van der Waals surface area contributed by atoms with Crippen LogP contribution < -0.4 is 10.6 Å². The Morgan fingerprint density at radius 2 is 1.47 bits per heavy atom. The number of benzene rings is 3. The van der Waals surface area contributed by atoms with Gasteiger partial charge >= 0.3 is 12.4 Å². The first-order valence-corrected chi connectivity index (χ1v) is 11.3. The summed E-state index contributed by atoms with van der Waals surface area (Å²) < 4.78 is 78.4. The molecule has 0 saturated heterocycles. The Balaban J connectivity index is 1.94. The monoisotopic (exact) mass is 556 g/mol. The van der Waals surface area contributed by atoms with Crippen molar-refractivity contribution in [2.75, 3.05) is 13.1 Å². The molecule has 0 fully saturated rings. The van der Waals surface area contributed by atoms with Crippen LogP contribution in [0.15, 0.2) is 60.7 Å². The zero-order chi connectivity index (χ0) is 28.3. The Kier molecular flexibility index (Phi) is 8.51. The second-order valence-corrected chi connectivity index (χ2v) is 8.65. The number of halogens is 7. The van der Waals surface area contributed by atoms with Gasteiger partial charge in [0.05, 0.1) is 12.1 Å². The first-order valence-electron chi connectivity index (χ1n) is 10.9. The van der Waals surface area contributed by atoms with E-state index in [4.69, 9.17) is 11.6 Å². The van der Waals surface area contributed by atoms with E-state index in [1.54, 1.807) is 12.2 Å². The van der Waals surface area contributed by atoms with Crippen LogP contribution in [0, 0.1) is 6.92 Å². The van der Waals surface area contributed by atoms with Crippen LogP contribution in [0.1, 0.15) is 31.8 Å². The molecule has 3 aromatic rings. The predicted molar refractivity (Wildman–Crippen MR) is 130 cm³/mol. The number of alkyl halides is 6. The molecule has 0 aliphatic carbocycles. The second-order valence-electron chi connectivity index (χ2n) is 8.22. The highest BCUT2D eigenvalue weighted by atomic mass is 35.5. The van der Waals surface area contributed by atoms with Crippen LogP contribution in [0.4, 0.5) is 26.3 Å². The number of hydrogen-bond donors (Lipinski definition) is 2. The third-order valence-corrected chi connectivity index (χ3v) is 5.48. The molecule has 0 aliphatic rings. The highest BCUT2D eigenvalue weighted by molar-refractivity contribution is 6.31. The van der Waals surface area contributed by atoms with Crippen LogP contribution in [-0.4, -0.2) is 43.0 Å². The SMILES string of the molecule is Cc1cc(Cl)cc(C(=CC(=O)c2ccc(C(=O)NCC(=O)NCC(F)(F)F)c3ccccc23)C(F)(F)F)c1. The van der Waals surface area contributed by atoms with Crippen molar-refractivity contribution in [3.63, 3.8) is 0 Å². The Bertz CT molecular complexity index is 1410. The molecule has 3 rings (SSSR count). The fraction of sp³-hybridized carbons (Fsp3) is 0.192. The molecular weight excluding hydrogens is 538 g/mol. The van der Waals surface area contributed by atoms with Gasteiger partial charge in [-0.05, 0) is 59.2 Å². The van der Waals surface area contributed by atoms with E-state index in [1.807, 2.05) is 0 Å². The summed E-state index contributed by atoms with van der Waals surface area (Å²) in [5, 5.41) is 4.21. The van der Waals surface area contributed by atoms with Gasteiger partial charge in [0.1, 0.15) is 6.54 Å². The molecule has 2 amide bonds. The van der Waals surface area contributed by atoms with E-state index in [1.165, 1.54) is 42.5 Å². The van der Waals surface area contributed by atoms with Crippen molar-refractivity contribution in [3.8, 4) is 0 Å². The van der Waals surface area contributed by atoms with Crippen LogP contribution in [0.5, 0.6) is 0 Å². The van der Waals surface area contributed by atoms with Crippen molar-refractivity contribution < 1.29 is 40.7 Å². The maximum absolute atomic E-state index is 13.9. The average molecular weight is 557 g/mol. The summed E-state index contributed by atoms with van der Waals surface area (Å²) in [6, 6.07) is 12.1. The lowest BCUT2D eigenvalue weighted by Crippen LogP contribution is -2.40. The molecule has 38 heavy (non-hydrogen) atoms. The number of fused-ring (bicyclic) bond motifs is 1. The summed E-state index contributed by atoms with van der Waals surface area (Å²) in [5.74, 6) is -2.89. The first kappa shape index (κ1) is 28.7. The number of carbonyl (C=O) groups is 3. The van der Waals surface area contributed by atoms with Gasteiger partial charge in [0, 0.05) is 16.1 Å². The molecule has 5 nitrogen and oxygen atoms in total. The Labute approximate surface area is 217 Å². The van der Waals surface area contributed by atoms with Crippen molar-refractivity contribution >= 4 is 45.5 Å². The van der Waals surface area contributed by atoms with Crippen molar-refractivity contribution in [2.24, 2.45) is 0 Å². The van der Waals surface area contributed by atoms with E-state index in [9.17, 15) is 40.7 Å². The van der Waals surface area contributed by atoms with Crippen LogP contribution in [-0.2, 0) is 4.79 Å². The van der Waals surface area contributed by atoms with E-state index in [2.05, 4.69) is 5.32 Å². The standard InChI is InChI=1S/C26H19ClF6N2O3/c1-14-8-15(10-16(27)9-14)21(26(31,32)33)11-22(36)19-6-7-20(18-5-3-2-4-17(18)19)24(38)34-12-23(37)35-13-25(28,29)30/h2-11H,12-13H2,1H3,(H,34,38)(H,35,37). The number of aryl methyl sites for hydroxylation is 1. The lowest BCUT2D eigenvalue weighted by Gasteiger charge is -2.14. The normalized spacial score (nSPS) is 12.4. The largest absolute Gasteiger partial charge is 0.417 e. The van der Waals surface area contributed by atoms with Crippen molar-refractivity contribution in [1.29, 1.82) is 0 Å². The Hall–Kier alpha value is -3.86. The highest BCUT2D eigenvalue weighted by Gasteiger charge is 2.36. The summed E-state index contributed by atoms with van der Waals surface area (Å²) in [6.45, 7) is -0.757. The summed E-state index contributed by atoms with van der Waals surface area (Å²) in [5.41, 5.74) is -1.20. The predicted octanol–water partition coefficient (Wildman–Crippen LogP) is 6.04. The maximum atomic E-state index is 13.9. The first-order chi connectivity index (χ1) is 17.7. The number of rotatable bonds is 7. The minimum atomic E-state index is -4.88. The fourth-order valence-corrected chi connectivity index (χ4v) is 3.95. The molecular formula is C26H19ClF6N2O3. The van der Waals surface area contributed by atoms with Crippen LogP contribution in [0.2, 0.25) is 5.02 Å². The van der Waals surface area contributed by atoms with Crippen LogP contribution >= 0.6 is 11.6 Å². The molecule has 0 unspecified atom stereocenters.